The van der Waals surface area contributed by atoms with E-state index in [1.165, 1.54) is 114 Å². The molecule has 0 spiro atoms. The van der Waals surface area contributed by atoms with Gasteiger partial charge in [-0.3, -0.25) is 0 Å². The van der Waals surface area contributed by atoms with Crippen LogP contribution in [-0.2, 0) is 36.7 Å². The Kier molecular flexibility index (Phi) is 17.5. The molecule has 0 N–H and O–H groups in total. The SMILES string of the molecule is CCCCCCCCCCCc1ccc(S(=O)(=O)OS(=O)(=O)c2ccc(CCCCCCCCCCC)cc2)cc1. The molecule has 0 saturated heterocycles. The van der Waals surface area contributed by atoms with Crippen LogP contribution in [0.5, 0.6) is 0 Å². The van der Waals surface area contributed by atoms with Crippen LogP contribution < -0.4 is 0 Å². The highest BCUT2D eigenvalue weighted by molar-refractivity contribution is 7.99. The summed E-state index contributed by atoms with van der Waals surface area (Å²) in [5, 5.41) is 0. The van der Waals surface area contributed by atoms with Crippen molar-refractivity contribution in [2.24, 2.45) is 0 Å². The number of rotatable bonds is 24. The van der Waals surface area contributed by atoms with Crippen molar-refractivity contribution in [2.75, 3.05) is 0 Å². The molecule has 0 atom stereocenters. The van der Waals surface area contributed by atoms with E-state index in [1.54, 1.807) is 24.3 Å². The fourth-order valence-corrected chi connectivity index (χ4v) is 7.63. The van der Waals surface area contributed by atoms with E-state index in [4.69, 9.17) is 3.63 Å². The summed E-state index contributed by atoms with van der Waals surface area (Å²) in [6.07, 6.45) is 24.3. The summed E-state index contributed by atoms with van der Waals surface area (Å²) in [5.74, 6) is 0. The summed E-state index contributed by atoms with van der Waals surface area (Å²) in [4.78, 5) is -0.308. The van der Waals surface area contributed by atoms with Crippen molar-refractivity contribution in [2.45, 2.75) is 152 Å². The predicted octanol–water partition coefficient (Wildman–Crippen LogP) is 9.93. The molecule has 0 radical (unpaired) electrons. The Labute approximate surface area is 251 Å². The van der Waals surface area contributed by atoms with E-state index in [-0.39, 0.29) is 9.79 Å². The highest BCUT2D eigenvalue weighted by Crippen LogP contribution is 2.22. The van der Waals surface area contributed by atoms with Crippen molar-refractivity contribution < 1.29 is 20.5 Å². The Morgan fingerprint density at radius 2 is 0.683 bits per heavy atom. The van der Waals surface area contributed by atoms with Gasteiger partial charge in [0.1, 0.15) is 0 Å². The third-order valence-electron chi connectivity index (χ3n) is 7.74. The molecule has 7 heteroatoms. The van der Waals surface area contributed by atoms with Crippen LogP contribution in [0.3, 0.4) is 0 Å². The van der Waals surface area contributed by atoms with Crippen molar-refractivity contribution in [1.82, 2.24) is 0 Å². The van der Waals surface area contributed by atoms with Crippen LogP contribution in [-0.4, -0.2) is 16.8 Å². The molecule has 2 aromatic carbocycles. The maximum atomic E-state index is 12.7. The summed E-state index contributed by atoms with van der Waals surface area (Å²) in [7, 11) is -8.91. The molecule has 0 heterocycles. The maximum absolute atomic E-state index is 12.7. The molecule has 41 heavy (non-hydrogen) atoms. The van der Waals surface area contributed by atoms with Crippen molar-refractivity contribution in [3.63, 3.8) is 0 Å². The van der Waals surface area contributed by atoms with Gasteiger partial charge >= 0.3 is 20.2 Å². The minimum Gasteiger partial charge on any atom is -0.193 e. The molecule has 0 fully saturated rings. The zero-order chi connectivity index (χ0) is 29.8. The van der Waals surface area contributed by atoms with Gasteiger partial charge in [0.05, 0.1) is 9.79 Å². The lowest BCUT2D eigenvalue weighted by molar-refractivity contribution is 0.461. The van der Waals surface area contributed by atoms with Gasteiger partial charge in [-0.2, -0.15) is 16.8 Å². The van der Waals surface area contributed by atoms with Gasteiger partial charge in [-0.05, 0) is 61.1 Å². The molecule has 2 rings (SSSR count). The normalized spacial score (nSPS) is 12.1. The molecule has 0 aliphatic carbocycles. The standard InChI is InChI=1S/C34H54O5S2/c1-3-5-7-9-11-13-15-17-19-21-31-23-27-33(28-24-31)40(35,36)39-41(37,38)34-29-25-32(26-30-34)22-20-18-16-14-12-10-8-6-4-2/h23-30H,3-22H2,1-2H3. The highest BCUT2D eigenvalue weighted by Gasteiger charge is 2.26. The monoisotopic (exact) mass is 606 g/mol. The Hall–Kier alpha value is -1.70. The summed E-state index contributed by atoms with van der Waals surface area (Å²) < 4.78 is 55.6. The topological polar surface area (TPSA) is 77.5 Å². The second-order valence-corrected chi connectivity index (χ2v) is 14.7. The summed E-state index contributed by atoms with van der Waals surface area (Å²) >= 11 is 0. The summed E-state index contributed by atoms with van der Waals surface area (Å²) in [5.41, 5.74) is 2.08. The average molecular weight is 607 g/mol. The number of unbranched alkanes of at least 4 members (excludes halogenated alkanes) is 16. The van der Waals surface area contributed by atoms with Crippen LogP contribution in [0.4, 0.5) is 0 Å². The van der Waals surface area contributed by atoms with E-state index in [2.05, 4.69) is 13.8 Å². The van der Waals surface area contributed by atoms with Gasteiger partial charge < -0.3 is 0 Å². The maximum Gasteiger partial charge on any atom is 0.311 e. The van der Waals surface area contributed by atoms with E-state index in [0.29, 0.717) is 0 Å². The van der Waals surface area contributed by atoms with Gasteiger partial charge in [-0.25, -0.2) is 0 Å². The van der Waals surface area contributed by atoms with Crippen molar-refractivity contribution in [3.05, 3.63) is 59.7 Å². The lowest BCUT2D eigenvalue weighted by Gasteiger charge is -2.08. The lowest BCUT2D eigenvalue weighted by atomic mass is 10.0. The molecule has 232 valence electrons. The van der Waals surface area contributed by atoms with E-state index >= 15 is 0 Å². The summed E-state index contributed by atoms with van der Waals surface area (Å²) in [6, 6.07) is 12.7. The van der Waals surface area contributed by atoms with Crippen LogP contribution in [0, 0.1) is 0 Å². The molecule has 0 aliphatic rings. The van der Waals surface area contributed by atoms with Gasteiger partial charge in [0.2, 0.25) is 0 Å². The first-order chi connectivity index (χ1) is 19.8. The number of aryl methyl sites for hydroxylation is 2. The number of hydrogen-bond donors (Lipinski definition) is 0. The van der Waals surface area contributed by atoms with Gasteiger partial charge in [-0.1, -0.05) is 141 Å². The molecule has 0 unspecified atom stereocenters. The van der Waals surface area contributed by atoms with Crippen molar-refractivity contribution >= 4 is 20.2 Å². The molecule has 0 aliphatic heterocycles. The largest absolute Gasteiger partial charge is 0.311 e. The highest BCUT2D eigenvalue weighted by atomic mass is 32.3. The van der Waals surface area contributed by atoms with E-state index in [9.17, 15) is 16.8 Å². The van der Waals surface area contributed by atoms with Crippen LogP contribution in [0.2, 0.25) is 0 Å². The Balaban J connectivity index is 1.74. The molecular weight excluding hydrogens is 553 g/mol. The molecule has 0 bridgehead atoms. The second-order valence-electron chi connectivity index (χ2n) is 11.4. The molecule has 0 amide bonds. The van der Waals surface area contributed by atoms with Gasteiger partial charge in [0, 0.05) is 0 Å². The van der Waals surface area contributed by atoms with Gasteiger partial charge in [-0.15, -0.1) is 3.63 Å². The van der Waals surface area contributed by atoms with E-state index in [1.807, 2.05) is 0 Å². The minimum atomic E-state index is -4.45. The van der Waals surface area contributed by atoms with Crippen LogP contribution >= 0.6 is 0 Å². The summed E-state index contributed by atoms with van der Waals surface area (Å²) in [6.45, 7) is 4.46. The third-order valence-corrected chi connectivity index (χ3v) is 10.9. The molecule has 0 saturated carbocycles. The molecular formula is C34H54O5S2. The number of hydrogen-bond acceptors (Lipinski definition) is 5. The third kappa shape index (κ3) is 14.8. The minimum absolute atomic E-state index is 0.154. The zero-order valence-electron chi connectivity index (χ0n) is 25.6. The number of benzene rings is 2. The Morgan fingerprint density at radius 1 is 0.415 bits per heavy atom. The lowest BCUT2D eigenvalue weighted by Crippen LogP contribution is -2.14. The van der Waals surface area contributed by atoms with Gasteiger partial charge in [0.15, 0.2) is 0 Å². The zero-order valence-corrected chi connectivity index (χ0v) is 27.3. The molecule has 0 aromatic heterocycles. The fourth-order valence-electron chi connectivity index (χ4n) is 5.12. The first kappa shape index (κ1) is 35.5. The Bertz CT molecular complexity index is 1060. The van der Waals surface area contributed by atoms with Crippen molar-refractivity contribution in [1.29, 1.82) is 0 Å². The second kappa shape index (κ2) is 20.2. The van der Waals surface area contributed by atoms with E-state index in [0.717, 1.165) is 49.7 Å². The van der Waals surface area contributed by atoms with Crippen LogP contribution in [0.1, 0.15) is 141 Å². The quantitative estimate of drug-likeness (QED) is 0.111. The van der Waals surface area contributed by atoms with Crippen LogP contribution in [0.25, 0.3) is 0 Å². The first-order valence-corrected chi connectivity index (χ1v) is 19.0. The molecule has 2 aromatic rings. The fraction of sp³-hybridized carbons (Fsp3) is 0.647. The van der Waals surface area contributed by atoms with Crippen molar-refractivity contribution in [3.8, 4) is 0 Å². The smallest absolute Gasteiger partial charge is 0.193 e. The average Bonchev–Trinajstić information content (AvgIpc) is 2.95. The van der Waals surface area contributed by atoms with E-state index < -0.39 is 20.2 Å². The predicted molar refractivity (Wildman–Crippen MR) is 170 cm³/mol. The van der Waals surface area contributed by atoms with Crippen LogP contribution in [0.15, 0.2) is 58.3 Å². The van der Waals surface area contributed by atoms with Gasteiger partial charge in [0.25, 0.3) is 0 Å². The molecule has 5 nitrogen and oxygen atoms in total. The first-order valence-electron chi connectivity index (χ1n) is 16.2. The Morgan fingerprint density at radius 3 is 0.976 bits per heavy atom.